The van der Waals surface area contributed by atoms with Crippen LogP contribution in [0, 0.1) is 6.92 Å². The van der Waals surface area contributed by atoms with Crippen LogP contribution >= 0.6 is 11.3 Å². The number of thiophene rings is 1. The van der Waals surface area contributed by atoms with Gasteiger partial charge in [-0.15, -0.1) is 11.3 Å². The fraction of sp³-hybridized carbons (Fsp3) is 0.304. The number of aryl methyl sites for hydroxylation is 1. The summed E-state index contributed by atoms with van der Waals surface area (Å²) in [6.07, 6.45) is 1.63. The van der Waals surface area contributed by atoms with Crippen molar-refractivity contribution in [1.29, 1.82) is 0 Å². The van der Waals surface area contributed by atoms with E-state index in [1.165, 1.54) is 16.9 Å². The highest BCUT2D eigenvalue weighted by Crippen LogP contribution is 2.32. The molecule has 0 unspecified atom stereocenters. The Hall–Kier alpha value is -2.70. The third kappa shape index (κ3) is 3.78. The number of furan rings is 1. The number of hydrogen-bond donors (Lipinski definition) is 0. The first-order valence-electron chi connectivity index (χ1n) is 9.97. The minimum absolute atomic E-state index is 0.00891. The number of benzene rings is 1. The normalized spacial score (nSPS) is 11.6. The number of fused-ring (bicyclic) bond motifs is 1. The molecule has 5 nitrogen and oxygen atoms in total. The number of nitrogens with zero attached hydrogens (tertiary/aromatic N) is 3. The van der Waals surface area contributed by atoms with E-state index in [4.69, 9.17) is 9.40 Å². The van der Waals surface area contributed by atoms with E-state index in [2.05, 4.69) is 37.8 Å². The third-order valence-electron chi connectivity index (χ3n) is 5.32. The van der Waals surface area contributed by atoms with E-state index in [-0.39, 0.29) is 5.56 Å². The summed E-state index contributed by atoms with van der Waals surface area (Å²) in [5, 5.41) is 2.60. The third-order valence-corrected chi connectivity index (χ3v) is 6.20. The predicted octanol–water partition coefficient (Wildman–Crippen LogP) is 5.04. The molecule has 0 bridgehead atoms. The molecule has 0 aliphatic rings. The zero-order valence-electron chi connectivity index (χ0n) is 17.0. The molecule has 4 rings (SSSR count). The molecule has 6 heteroatoms. The molecular formula is C23H25N3O2S. The van der Waals surface area contributed by atoms with Gasteiger partial charge in [0.25, 0.3) is 5.56 Å². The van der Waals surface area contributed by atoms with Gasteiger partial charge in [0.15, 0.2) is 0 Å². The van der Waals surface area contributed by atoms with E-state index < -0.39 is 0 Å². The highest BCUT2D eigenvalue weighted by Gasteiger charge is 2.19. The Morgan fingerprint density at radius 3 is 2.55 bits per heavy atom. The molecule has 0 aliphatic heterocycles. The zero-order chi connectivity index (χ0) is 20.4. The zero-order valence-corrected chi connectivity index (χ0v) is 17.8. The summed E-state index contributed by atoms with van der Waals surface area (Å²) in [4.78, 5) is 21.6. The highest BCUT2D eigenvalue weighted by molar-refractivity contribution is 7.17. The van der Waals surface area contributed by atoms with Crippen molar-refractivity contribution in [3.63, 3.8) is 0 Å². The van der Waals surface area contributed by atoms with Gasteiger partial charge in [-0.1, -0.05) is 43.7 Å². The lowest BCUT2D eigenvalue weighted by atomic mass is 10.1. The van der Waals surface area contributed by atoms with Gasteiger partial charge in [0.2, 0.25) is 0 Å². The van der Waals surface area contributed by atoms with Crippen molar-refractivity contribution >= 4 is 21.6 Å². The first-order chi connectivity index (χ1) is 14.1. The Labute approximate surface area is 174 Å². The average molecular weight is 408 g/mol. The Morgan fingerprint density at radius 2 is 1.90 bits per heavy atom. The van der Waals surface area contributed by atoms with Crippen LogP contribution in [0.4, 0.5) is 0 Å². The van der Waals surface area contributed by atoms with Crippen LogP contribution in [0.5, 0.6) is 0 Å². The summed E-state index contributed by atoms with van der Waals surface area (Å²) >= 11 is 1.49. The van der Waals surface area contributed by atoms with E-state index in [9.17, 15) is 4.79 Å². The van der Waals surface area contributed by atoms with Gasteiger partial charge < -0.3 is 9.32 Å². The topological polar surface area (TPSA) is 51.3 Å². The maximum absolute atomic E-state index is 13.6. The molecule has 0 aliphatic carbocycles. The number of likely N-dealkylation sites (N-methyl/N-ethyl adjacent to an activating group) is 1. The standard InChI is InChI=1S/C23H25N3O2S/c1-4-25(5-2)12-13-26-21(17-10-8-16(3)9-11-17)24-22-20(23(26)27)18(15-29-22)19-7-6-14-28-19/h6-11,14-15H,4-5,12-13H2,1-3H3. The summed E-state index contributed by atoms with van der Waals surface area (Å²) in [5.41, 5.74) is 2.95. The van der Waals surface area contributed by atoms with Gasteiger partial charge in [-0.2, -0.15) is 0 Å². The van der Waals surface area contributed by atoms with E-state index in [1.54, 1.807) is 6.26 Å². The SMILES string of the molecule is CCN(CC)CCn1c(-c2ccc(C)cc2)nc2scc(-c3ccco3)c2c1=O. The van der Waals surface area contributed by atoms with Crippen LogP contribution in [0.2, 0.25) is 0 Å². The molecule has 0 atom stereocenters. The number of aromatic nitrogens is 2. The second-order valence-electron chi connectivity index (χ2n) is 7.09. The van der Waals surface area contributed by atoms with Gasteiger partial charge >= 0.3 is 0 Å². The molecule has 29 heavy (non-hydrogen) atoms. The second-order valence-corrected chi connectivity index (χ2v) is 7.95. The van der Waals surface area contributed by atoms with Crippen LogP contribution < -0.4 is 5.56 Å². The summed E-state index contributed by atoms with van der Waals surface area (Å²) in [5.74, 6) is 1.43. The summed E-state index contributed by atoms with van der Waals surface area (Å²) in [7, 11) is 0. The Kier molecular flexibility index (Phi) is 5.65. The second kappa shape index (κ2) is 8.35. The Morgan fingerprint density at radius 1 is 1.14 bits per heavy atom. The summed E-state index contributed by atoms with van der Waals surface area (Å²) in [6, 6.07) is 11.9. The molecule has 150 valence electrons. The first-order valence-corrected chi connectivity index (χ1v) is 10.9. The molecule has 0 fully saturated rings. The molecule has 4 aromatic rings. The maximum atomic E-state index is 13.6. The van der Waals surface area contributed by atoms with Gasteiger partial charge in [0.1, 0.15) is 16.4 Å². The van der Waals surface area contributed by atoms with Crippen molar-refractivity contribution in [2.24, 2.45) is 0 Å². The lowest BCUT2D eigenvalue weighted by Crippen LogP contribution is -2.32. The number of rotatable bonds is 7. The molecule has 0 amide bonds. The maximum Gasteiger partial charge on any atom is 0.263 e. The van der Waals surface area contributed by atoms with Crippen LogP contribution in [0.3, 0.4) is 0 Å². The molecule has 3 heterocycles. The van der Waals surface area contributed by atoms with Crippen LogP contribution in [0.25, 0.3) is 32.9 Å². The Balaban J connectivity index is 1.90. The molecular weight excluding hydrogens is 382 g/mol. The summed E-state index contributed by atoms with van der Waals surface area (Å²) in [6.45, 7) is 9.65. The summed E-state index contributed by atoms with van der Waals surface area (Å²) < 4.78 is 7.39. The lowest BCUT2D eigenvalue weighted by Gasteiger charge is -2.20. The van der Waals surface area contributed by atoms with Crippen LogP contribution in [-0.4, -0.2) is 34.1 Å². The minimum Gasteiger partial charge on any atom is -0.464 e. The van der Waals surface area contributed by atoms with Crippen molar-refractivity contribution in [2.75, 3.05) is 19.6 Å². The largest absolute Gasteiger partial charge is 0.464 e. The molecule has 0 radical (unpaired) electrons. The van der Waals surface area contributed by atoms with Crippen LogP contribution in [0.15, 0.2) is 57.3 Å². The molecule has 3 aromatic heterocycles. The van der Waals surface area contributed by atoms with E-state index in [0.29, 0.717) is 17.7 Å². The predicted molar refractivity (Wildman–Crippen MR) is 120 cm³/mol. The smallest absolute Gasteiger partial charge is 0.263 e. The monoisotopic (exact) mass is 407 g/mol. The highest BCUT2D eigenvalue weighted by atomic mass is 32.1. The van der Waals surface area contributed by atoms with Gasteiger partial charge in [0.05, 0.1) is 11.6 Å². The lowest BCUT2D eigenvalue weighted by molar-refractivity contribution is 0.289. The molecule has 0 spiro atoms. The fourth-order valence-electron chi connectivity index (χ4n) is 3.55. The quantitative estimate of drug-likeness (QED) is 0.431. The van der Waals surface area contributed by atoms with Gasteiger partial charge in [0, 0.05) is 29.6 Å². The molecule has 0 N–H and O–H groups in total. The van der Waals surface area contributed by atoms with Crippen LogP contribution in [-0.2, 0) is 6.54 Å². The van der Waals surface area contributed by atoms with Gasteiger partial charge in [-0.05, 0) is 32.1 Å². The van der Waals surface area contributed by atoms with E-state index in [1.807, 2.05) is 34.2 Å². The minimum atomic E-state index is -0.00891. The average Bonchev–Trinajstić information content (AvgIpc) is 3.40. The molecule has 1 aromatic carbocycles. The van der Waals surface area contributed by atoms with Gasteiger partial charge in [-0.25, -0.2) is 4.98 Å². The van der Waals surface area contributed by atoms with Crippen molar-refractivity contribution in [1.82, 2.24) is 14.5 Å². The van der Waals surface area contributed by atoms with Gasteiger partial charge in [-0.3, -0.25) is 9.36 Å². The molecule has 0 saturated heterocycles. The van der Waals surface area contributed by atoms with E-state index in [0.717, 1.165) is 41.4 Å². The van der Waals surface area contributed by atoms with Crippen molar-refractivity contribution in [3.05, 3.63) is 64.0 Å². The van der Waals surface area contributed by atoms with Crippen molar-refractivity contribution in [3.8, 4) is 22.7 Å². The Bertz CT molecular complexity index is 1150. The number of hydrogen-bond acceptors (Lipinski definition) is 5. The van der Waals surface area contributed by atoms with Crippen LogP contribution in [0.1, 0.15) is 19.4 Å². The van der Waals surface area contributed by atoms with Crippen molar-refractivity contribution < 1.29 is 4.42 Å². The molecule has 0 saturated carbocycles. The van der Waals surface area contributed by atoms with E-state index >= 15 is 0 Å². The van der Waals surface area contributed by atoms with Crippen molar-refractivity contribution in [2.45, 2.75) is 27.3 Å². The fourth-order valence-corrected chi connectivity index (χ4v) is 4.47. The first kappa shape index (κ1) is 19.6.